The van der Waals surface area contributed by atoms with Crippen molar-refractivity contribution in [2.45, 2.75) is 6.92 Å². The Labute approximate surface area is 161 Å². The van der Waals surface area contributed by atoms with E-state index in [4.69, 9.17) is 0 Å². The predicted molar refractivity (Wildman–Crippen MR) is 117 cm³/mol. The summed E-state index contributed by atoms with van der Waals surface area (Å²) < 4.78 is 0. The van der Waals surface area contributed by atoms with E-state index in [-0.39, 0.29) is 0 Å². The van der Waals surface area contributed by atoms with Gasteiger partial charge in [-0.3, -0.25) is 0 Å². The first kappa shape index (κ1) is 17.1. The molecule has 0 bridgehead atoms. The summed E-state index contributed by atoms with van der Waals surface area (Å²) >= 11 is 0. The number of hydrogen-bond donors (Lipinski definition) is 0. The SMILES string of the molecule is C/C(=C\c1ccc(-c2ccccc2)cc1)c1ccc(-c2ccccc2)cc1. The molecule has 0 heterocycles. The summed E-state index contributed by atoms with van der Waals surface area (Å²) in [7, 11) is 0. The second-order valence-electron chi connectivity index (χ2n) is 6.76. The third kappa shape index (κ3) is 4.07. The van der Waals surface area contributed by atoms with Crippen LogP contribution < -0.4 is 0 Å². The van der Waals surface area contributed by atoms with Crippen LogP contribution in [0.15, 0.2) is 109 Å². The first-order valence-electron chi connectivity index (χ1n) is 9.29. The lowest BCUT2D eigenvalue weighted by Crippen LogP contribution is -1.83. The minimum Gasteiger partial charge on any atom is -0.0622 e. The van der Waals surface area contributed by atoms with E-state index in [0.717, 1.165) is 0 Å². The van der Waals surface area contributed by atoms with Gasteiger partial charge in [-0.15, -0.1) is 0 Å². The maximum atomic E-state index is 2.24. The van der Waals surface area contributed by atoms with Gasteiger partial charge in [-0.2, -0.15) is 0 Å². The number of allylic oxidation sites excluding steroid dienone is 1. The lowest BCUT2D eigenvalue weighted by atomic mass is 9.99. The van der Waals surface area contributed by atoms with Gasteiger partial charge < -0.3 is 0 Å². The quantitative estimate of drug-likeness (QED) is 0.334. The van der Waals surface area contributed by atoms with E-state index in [1.165, 1.54) is 39.0 Å². The Balaban J connectivity index is 1.54. The standard InChI is InChI=1S/C27H22/c1-21(23-16-18-27(19-17-23)25-10-6-3-7-11-25)20-22-12-14-26(15-13-22)24-8-4-2-5-9-24/h2-20H,1H3/b21-20+. The van der Waals surface area contributed by atoms with E-state index in [2.05, 4.69) is 110 Å². The lowest BCUT2D eigenvalue weighted by Gasteiger charge is -2.06. The van der Waals surface area contributed by atoms with Gasteiger partial charge in [0.05, 0.1) is 0 Å². The summed E-state index contributed by atoms with van der Waals surface area (Å²) in [5.41, 5.74) is 8.74. The van der Waals surface area contributed by atoms with Crippen LogP contribution in [0.25, 0.3) is 33.9 Å². The fourth-order valence-corrected chi connectivity index (χ4v) is 3.29. The van der Waals surface area contributed by atoms with E-state index in [9.17, 15) is 0 Å². The molecule has 0 fully saturated rings. The van der Waals surface area contributed by atoms with E-state index in [1.54, 1.807) is 0 Å². The summed E-state index contributed by atoms with van der Waals surface area (Å²) in [6, 6.07) is 38.5. The third-order valence-corrected chi connectivity index (χ3v) is 4.85. The minimum absolute atomic E-state index is 1.22. The van der Waals surface area contributed by atoms with Crippen molar-refractivity contribution in [3.05, 3.63) is 120 Å². The van der Waals surface area contributed by atoms with Crippen molar-refractivity contribution >= 4 is 11.6 Å². The van der Waals surface area contributed by atoms with Crippen molar-refractivity contribution in [2.24, 2.45) is 0 Å². The molecule has 0 nitrogen and oxygen atoms in total. The normalized spacial score (nSPS) is 11.4. The van der Waals surface area contributed by atoms with Crippen molar-refractivity contribution in [1.29, 1.82) is 0 Å². The van der Waals surface area contributed by atoms with Crippen LogP contribution in [-0.2, 0) is 0 Å². The molecule has 0 amide bonds. The van der Waals surface area contributed by atoms with Crippen LogP contribution in [-0.4, -0.2) is 0 Å². The van der Waals surface area contributed by atoms with Crippen molar-refractivity contribution in [3.8, 4) is 22.3 Å². The van der Waals surface area contributed by atoms with E-state index >= 15 is 0 Å². The zero-order valence-corrected chi connectivity index (χ0v) is 15.5. The molecule has 130 valence electrons. The van der Waals surface area contributed by atoms with Crippen LogP contribution in [0.1, 0.15) is 18.1 Å². The fraction of sp³-hybridized carbons (Fsp3) is 0.0370. The third-order valence-electron chi connectivity index (χ3n) is 4.85. The van der Waals surface area contributed by atoms with Gasteiger partial charge >= 0.3 is 0 Å². The second-order valence-corrected chi connectivity index (χ2v) is 6.76. The molecule has 0 aliphatic rings. The zero-order valence-electron chi connectivity index (χ0n) is 15.5. The summed E-state index contributed by atoms with van der Waals surface area (Å²) in [5, 5.41) is 0. The molecule has 0 saturated heterocycles. The summed E-state index contributed by atoms with van der Waals surface area (Å²) in [5.74, 6) is 0. The average Bonchev–Trinajstić information content (AvgIpc) is 2.76. The Bertz CT molecular complexity index is 1020. The number of benzene rings is 4. The van der Waals surface area contributed by atoms with Crippen LogP contribution in [0.4, 0.5) is 0 Å². The maximum Gasteiger partial charge on any atom is -0.0184 e. The fourth-order valence-electron chi connectivity index (χ4n) is 3.29. The molecule has 0 aromatic heterocycles. The highest BCUT2D eigenvalue weighted by Crippen LogP contribution is 2.25. The Morgan fingerprint density at radius 1 is 0.481 bits per heavy atom. The Hall–Kier alpha value is -3.38. The van der Waals surface area contributed by atoms with Crippen molar-refractivity contribution < 1.29 is 0 Å². The zero-order chi connectivity index (χ0) is 18.5. The van der Waals surface area contributed by atoms with Crippen LogP contribution in [0, 0.1) is 0 Å². The Kier molecular flexibility index (Phi) is 4.98. The molecule has 0 radical (unpaired) electrons. The largest absolute Gasteiger partial charge is 0.0622 e. The molecule has 0 aliphatic heterocycles. The Morgan fingerprint density at radius 2 is 0.889 bits per heavy atom. The van der Waals surface area contributed by atoms with E-state index < -0.39 is 0 Å². The molecule has 0 N–H and O–H groups in total. The van der Waals surface area contributed by atoms with Gasteiger partial charge in [0, 0.05) is 0 Å². The maximum absolute atomic E-state index is 2.24. The van der Waals surface area contributed by atoms with Crippen LogP contribution in [0.5, 0.6) is 0 Å². The smallest absolute Gasteiger partial charge is 0.0184 e. The first-order valence-corrected chi connectivity index (χ1v) is 9.29. The van der Waals surface area contributed by atoms with Crippen LogP contribution in [0.3, 0.4) is 0 Å². The van der Waals surface area contributed by atoms with Gasteiger partial charge in [-0.05, 0) is 45.9 Å². The van der Waals surface area contributed by atoms with Gasteiger partial charge in [0.2, 0.25) is 0 Å². The predicted octanol–water partition coefficient (Wildman–Crippen LogP) is 7.58. The Morgan fingerprint density at radius 3 is 1.37 bits per heavy atom. The van der Waals surface area contributed by atoms with Crippen LogP contribution >= 0.6 is 0 Å². The highest BCUT2D eigenvalue weighted by molar-refractivity contribution is 5.81. The second kappa shape index (κ2) is 7.88. The van der Waals surface area contributed by atoms with E-state index in [0.29, 0.717) is 0 Å². The first-order chi connectivity index (χ1) is 13.3. The molecular weight excluding hydrogens is 324 g/mol. The molecule has 27 heavy (non-hydrogen) atoms. The summed E-state index contributed by atoms with van der Waals surface area (Å²) in [6.07, 6.45) is 2.24. The topological polar surface area (TPSA) is 0 Å². The van der Waals surface area contributed by atoms with Gasteiger partial charge in [-0.25, -0.2) is 0 Å². The average molecular weight is 346 g/mol. The molecule has 0 aliphatic carbocycles. The molecule has 0 spiro atoms. The molecular formula is C27H22. The lowest BCUT2D eigenvalue weighted by molar-refractivity contribution is 1.55. The van der Waals surface area contributed by atoms with Crippen LogP contribution in [0.2, 0.25) is 0 Å². The van der Waals surface area contributed by atoms with Crippen molar-refractivity contribution in [2.75, 3.05) is 0 Å². The molecule has 0 atom stereocenters. The van der Waals surface area contributed by atoms with Crippen molar-refractivity contribution in [3.63, 3.8) is 0 Å². The van der Waals surface area contributed by atoms with Crippen molar-refractivity contribution in [1.82, 2.24) is 0 Å². The highest BCUT2D eigenvalue weighted by Gasteiger charge is 2.01. The monoisotopic (exact) mass is 346 g/mol. The number of rotatable bonds is 4. The van der Waals surface area contributed by atoms with Gasteiger partial charge in [0.1, 0.15) is 0 Å². The summed E-state index contributed by atoms with van der Waals surface area (Å²) in [4.78, 5) is 0. The highest BCUT2D eigenvalue weighted by atomic mass is 14.1. The molecule has 0 heteroatoms. The molecule has 4 aromatic rings. The molecule has 4 aromatic carbocycles. The molecule has 4 rings (SSSR count). The van der Waals surface area contributed by atoms with Gasteiger partial charge in [0.15, 0.2) is 0 Å². The molecule has 0 unspecified atom stereocenters. The van der Waals surface area contributed by atoms with Gasteiger partial charge in [-0.1, -0.05) is 115 Å². The molecule has 0 saturated carbocycles. The van der Waals surface area contributed by atoms with E-state index in [1.807, 2.05) is 12.1 Å². The summed E-state index contributed by atoms with van der Waals surface area (Å²) in [6.45, 7) is 2.17. The minimum atomic E-state index is 1.22. The van der Waals surface area contributed by atoms with Gasteiger partial charge in [0.25, 0.3) is 0 Å². The number of hydrogen-bond acceptors (Lipinski definition) is 0.